The van der Waals surface area contributed by atoms with Gasteiger partial charge in [-0.2, -0.15) is 0 Å². The van der Waals surface area contributed by atoms with Gasteiger partial charge in [0.15, 0.2) is 11.6 Å². The summed E-state index contributed by atoms with van der Waals surface area (Å²) >= 11 is 0. The molecule has 2 aromatic carbocycles. The summed E-state index contributed by atoms with van der Waals surface area (Å²) in [5, 5.41) is 50.8. The lowest BCUT2D eigenvalue weighted by atomic mass is 9.81. The number of ether oxygens (including phenoxy) is 3. The number of aliphatic hydroxyl groups is 4. The lowest BCUT2D eigenvalue weighted by Crippen LogP contribution is -2.58. The highest BCUT2D eigenvalue weighted by Gasteiger charge is 2.44. The fourth-order valence-electron chi connectivity index (χ4n) is 4.35. The maximum absolute atomic E-state index is 13.4. The third-order valence-corrected chi connectivity index (χ3v) is 6.21. The van der Waals surface area contributed by atoms with E-state index in [1.165, 1.54) is 38.1 Å². The first-order valence-corrected chi connectivity index (χ1v) is 11.3. The molecule has 4 rings (SSSR count). The van der Waals surface area contributed by atoms with Crippen molar-refractivity contribution in [3.8, 4) is 17.2 Å². The van der Waals surface area contributed by atoms with Crippen LogP contribution in [0.15, 0.2) is 24.3 Å². The highest BCUT2D eigenvalue weighted by molar-refractivity contribution is 6.29. The summed E-state index contributed by atoms with van der Waals surface area (Å²) < 4.78 is 16.2. The summed E-state index contributed by atoms with van der Waals surface area (Å²) in [7, 11) is 0. The predicted octanol–water partition coefficient (Wildman–Crippen LogP) is 0.224. The van der Waals surface area contributed by atoms with E-state index in [0.29, 0.717) is 0 Å². The molecule has 0 spiro atoms. The van der Waals surface area contributed by atoms with Gasteiger partial charge in [-0.3, -0.25) is 14.4 Å². The minimum absolute atomic E-state index is 0.0115. The van der Waals surface area contributed by atoms with Crippen LogP contribution in [-0.4, -0.2) is 80.4 Å². The van der Waals surface area contributed by atoms with E-state index in [-0.39, 0.29) is 58.8 Å². The average Bonchev–Trinajstić information content (AvgIpc) is 2.83. The van der Waals surface area contributed by atoms with Gasteiger partial charge in [-0.15, -0.1) is 0 Å². The Morgan fingerprint density at radius 3 is 2.39 bits per heavy atom. The van der Waals surface area contributed by atoms with Gasteiger partial charge in [0.1, 0.15) is 35.6 Å². The fourth-order valence-corrected chi connectivity index (χ4v) is 4.35. The van der Waals surface area contributed by atoms with Gasteiger partial charge in [0, 0.05) is 35.8 Å². The second kappa shape index (κ2) is 9.96. The minimum atomic E-state index is -1.66. The van der Waals surface area contributed by atoms with Crippen LogP contribution in [0.1, 0.15) is 57.7 Å². The van der Waals surface area contributed by atoms with Gasteiger partial charge >= 0.3 is 5.97 Å². The maximum Gasteiger partial charge on any atom is 0.308 e. The molecule has 0 radical (unpaired) electrons. The van der Waals surface area contributed by atoms with E-state index in [9.17, 15) is 39.9 Å². The molecule has 1 heterocycles. The zero-order valence-electron chi connectivity index (χ0n) is 19.5. The van der Waals surface area contributed by atoms with Gasteiger partial charge < -0.3 is 39.7 Å². The molecular weight excluding hydrogens is 476 g/mol. The van der Waals surface area contributed by atoms with Crippen molar-refractivity contribution in [3.05, 3.63) is 52.1 Å². The number of carbonyl (C=O) groups is 3. The molecule has 2 aliphatic rings. The molecule has 1 saturated heterocycles. The van der Waals surface area contributed by atoms with E-state index in [1.54, 1.807) is 0 Å². The summed E-state index contributed by atoms with van der Waals surface area (Å²) in [5.41, 5.74) is -0.375. The van der Waals surface area contributed by atoms with Crippen molar-refractivity contribution in [2.45, 2.75) is 57.4 Å². The van der Waals surface area contributed by atoms with Gasteiger partial charge in [0.25, 0.3) is 0 Å². The molecule has 0 amide bonds. The van der Waals surface area contributed by atoms with Crippen molar-refractivity contribution in [1.29, 1.82) is 0 Å². The Kier molecular flexibility index (Phi) is 7.12. The Balaban J connectivity index is 1.80. The van der Waals surface area contributed by atoms with Crippen molar-refractivity contribution >= 4 is 17.5 Å². The third-order valence-electron chi connectivity index (χ3n) is 6.21. The second-order valence-electron chi connectivity index (χ2n) is 8.71. The van der Waals surface area contributed by atoms with Crippen LogP contribution in [0, 0.1) is 0 Å². The smallest absolute Gasteiger partial charge is 0.308 e. The number of esters is 1. The first-order valence-electron chi connectivity index (χ1n) is 11.3. The monoisotopic (exact) mass is 502 g/mol. The van der Waals surface area contributed by atoms with Crippen LogP contribution >= 0.6 is 0 Å². The molecule has 192 valence electrons. The molecule has 1 aliphatic heterocycles. The van der Waals surface area contributed by atoms with Gasteiger partial charge in [-0.25, -0.2) is 0 Å². The van der Waals surface area contributed by atoms with Crippen LogP contribution in [0.25, 0.3) is 0 Å². The summed E-state index contributed by atoms with van der Waals surface area (Å²) in [4.78, 5) is 38.0. The molecule has 1 fully saturated rings. The normalized spacial score (nSPS) is 25.2. The van der Waals surface area contributed by atoms with Gasteiger partial charge in [0.2, 0.25) is 6.29 Å². The summed E-state index contributed by atoms with van der Waals surface area (Å²) in [5.74, 6) is -2.46. The molecule has 0 aromatic heterocycles. The number of hydrogen-bond acceptors (Lipinski definition) is 11. The Bertz CT molecular complexity index is 1220. The first kappa shape index (κ1) is 25.7. The number of aromatic hydroxyl groups is 1. The van der Waals surface area contributed by atoms with Crippen LogP contribution in [0.4, 0.5) is 0 Å². The van der Waals surface area contributed by atoms with Crippen LogP contribution < -0.4 is 9.47 Å². The molecular formula is C25H26O11. The number of aliphatic hydroxyl groups excluding tert-OH is 4. The van der Waals surface area contributed by atoms with Gasteiger partial charge in [-0.1, -0.05) is 0 Å². The summed E-state index contributed by atoms with van der Waals surface area (Å²) in [6, 6.07) is 5.17. The number of carbonyl (C=O) groups excluding carboxylic acids is 3. The van der Waals surface area contributed by atoms with E-state index in [4.69, 9.17) is 14.2 Å². The second-order valence-corrected chi connectivity index (χ2v) is 8.71. The molecule has 5 N–H and O–H groups in total. The quantitative estimate of drug-likeness (QED) is 0.230. The summed E-state index contributed by atoms with van der Waals surface area (Å²) in [6.07, 6.45) is -6.76. The largest absolute Gasteiger partial charge is 0.507 e. The van der Waals surface area contributed by atoms with Crippen LogP contribution in [0.2, 0.25) is 0 Å². The molecule has 36 heavy (non-hydrogen) atoms. The van der Waals surface area contributed by atoms with Crippen molar-refractivity contribution in [2.24, 2.45) is 0 Å². The van der Waals surface area contributed by atoms with E-state index >= 15 is 0 Å². The number of phenols is 1. The molecule has 0 bridgehead atoms. The highest BCUT2D eigenvalue weighted by atomic mass is 16.7. The van der Waals surface area contributed by atoms with Crippen LogP contribution in [-0.2, 0) is 16.0 Å². The molecule has 0 saturated carbocycles. The number of rotatable bonds is 6. The van der Waals surface area contributed by atoms with E-state index < -0.39 is 54.0 Å². The molecule has 2 aromatic rings. The number of benzene rings is 2. The minimum Gasteiger partial charge on any atom is -0.507 e. The van der Waals surface area contributed by atoms with E-state index in [2.05, 4.69) is 0 Å². The highest BCUT2D eigenvalue weighted by Crippen LogP contribution is 2.42. The van der Waals surface area contributed by atoms with Crippen molar-refractivity contribution in [2.75, 3.05) is 6.61 Å². The molecule has 11 heteroatoms. The van der Waals surface area contributed by atoms with E-state index in [0.717, 1.165) is 0 Å². The van der Waals surface area contributed by atoms with Crippen LogP contribution in [0.3, 0.4) is 0 Å². The molecule has 11 nitrogen and oxygen atoms in total. The number of phenolic OH excluding ortho intramolecular Hbond substituents is 1. The van der Waals surface area contributed by atoms with Crippen molar-refractivity contribution in [3.63, 3.8) is 0 Å². The zero-order valence-corrected chi connectivity index (χ0v) is 19.5. The third kappa shape index (κ3) is 4.47. The summed E-state index contributed by atoms with van der Waals surface area (Å²) in [6.45, 7) is 2.41. The van der Waals surface area contributed by atoms with E-state index in [1.807, 2.05) is 0 Å². The van der Waals surface area contributed by atoms with Gasteiger partial charge in [-0.05, 0) is 44.0 Å². The molecule has 5 unspecified atom stereocenters. The molecule has 1 aliphatic carbocycles. The zero-order chi connectivity index (χ0) is 26.3. The van der Waals surface area contributed by atoms with Crippen molar-refractivity contribution in [1.82, 2.24) is 0 Å². The Morgan fingerprint density at radius 1 is 1.00 bits per heavy atom. The Hall–Kier alpha value is -3.35. The predicted molar refractivity (Wildman–Crippen MR) is 121 cm³/mol. The Labute approximate surface area is 205 Å². The number of hydrogen-bond donors (Lipinski definition) is 5. The number of fused-ring (bicyclic) bond motifs is 2. The lowest BCUT2D eigenvalue weighted by Gasteiger charge is -2.39. The van der Waals surface area contributed by atoms with Crippen LogP contribution in [0.5, 0.6) is 17.2 Å². The Morgan fingerprint density at radius 2 is 1.72 bits per heavy atom. The maximum atomic E-state index is 13.4. The number of ketones is 2. The van der Waals surface area contributed by atoms with Crippen molar-refractivity contribution < 1.29 is 54.1 Å². The average molecular weight is 502 g/mol. The SMILES string of the molecule is CC(=O)Oc1ccc2c(c1)C(=O)c1cc(OC3OC(C)C(O)C(O)C3O)c(CCCO)c(O)c1C2=O. The van der Waals surface area contributed by atoms with Gasteiger partial charge in [0.05, 0.1) is 11.7 Å². The topological polar surface area (TPSA) is 180 Å². The fraction of sp³-hybridized carbons (Fsp3) is 0.400. The first-order chi connectivity index (χ1) is 17.0. The standard InChI is InChI=1S/C25H26O11/c1-10-19(28)23(32)24(33)25(34-10)36-17-9-16-18(22(31)14(17)4-3-7-26)21(30)13-6-5-12(35-11(2)27)8-15(13)20(16)29/h5-6,8-10,19,23-26,28,31-33H,3-4,7H2,1-2H3. The lowest BCUT2D eigenvalue weighted by molar-refractivity contribution is -0.268. The molecule has 5 atom stereocenters.